The van der Waals surface area contributed by atoms with E-state index in [4.69, 9.17) is 28.6 Å². The van der Waals surface area contributed by atoms with E-state index in [1.165, 1.54) is 4.90 Å². The lowest BCUT2D eigenvalue weighted by Gasteiger charge is -2.29. The van der Waals surface area contributed by atoms with Gasteiger partial charge in [0.2, 0.25) is 0 Å². The van der Waals surface area contributed by atoms with Gasteiger partial charge in [0.05, 0.1) is 5.69 Å². The van der Waals surface area contributed by atoms with Crippen LogP contribution in [0, 0.1) is 0 Å². The van der Waals surface area contributed by atoms with Crippen molar-refractivity contribution in [1.29, 1.82) is 0 Å². The summed E-state index contributed by atoms with van der Waals surface area (Å²) < 4.78 is 5.81. The Bertz CT molecular complexity index is 1470. The highest BCUT2D eigenvalue weighted by Crippen LogP contribution is 2.28. The molecule has 0 radical (unpaired) electrons. The molecular weight excluding hydrogens is 492 g/mol. The van der Waals surface area contributed by atoms with Crippen LogP contribution in [0.4, 0.5) is 5.69 Å². The lowest BCUT2D eigenvalue weighted by molar-refractivity contribution is -0.122. The van der Waals surface area contributed by atoms with Gasteiger partial charge < -0.3 is 4.74 Å². The van der Waals surface area contributed by atoms with Crippen molar-refractivity contribution < 1.29 is 14.3 Å². The van der Waals surface area contributed by atoms with Gasteiger partial charge in [-0.2, -0.15) is 0 Å². The number of rotatable bonds is 5. The first-order valence-corrected chi connectivity index (χ1v) is 11.9. The van der Waals surface area contributed by atoms with E-state index >= 15 is 0 Å². The number of carbonyl (C=O) groups is 2. The molecule has 0 atom stereocenters. The van der Waals surface area contributed by atoms with Crippen molar-refractivity contribution in [2.45, 2.75) is 0 Å². The molecule has 0 aromatic heterocycles. The van der Waals surface area contributed by atoms with Crippen LogP contribution >= 0.6 is 23.8 Å². The van der Waals surface area contributed by atoms with Crippen LogP contribution in [0.5, 0.6) is 11.5 Å². The Balaban J connectivity index is 1.37. The van der Waals surface area contributed by atoms with Gasteiger partial charge in [0.15, 0.2) is 5.11 Å². The van der Waals surface area contributed by atoms with Gasteiger partial charge in [0, 0.05) is 5.02 Å². The van der Waals surface area contributed by atoms with E-state index in [1.54, 1.807) is 30.3 Å². The van der Waals surface area contributed by atoms with Crippen molar-refractivity contribution in [3.63, 3.8) is 0 Å². The third-order valence-corrected chi connectivity index (χ3v) is 6.11. The average molecular weight is 511 g/mol. The molecule has 1 aliphatic rings. The van der Waals surface area contributed by atoms with Crippen molar-refractivity contribution in [3.05, 3.63) is 119 Å². The predicted octanol–water partition coefficient (Wildman–Crippen LogP) is 6.63. The number of nitrogens with zero attached hydrogens (tertiary/aromatic N) is 1. The zero-order valence-electron chi connectivity index (χ0n) is 18.9. The maximum atomic E-state index is 13.3. The summed E-state index contributed by atoms with van der Waals surface area (Å²) in [4.78, 5) is 27.2. The molecule has 1 aliphatic heterocycles. The summed E-state index contributed by atoms with van der Waals surface area (Å²) in [6.07, 6.45) is 1.56. The molecule has 1 fully saturated rings. The van der Waals surface area contributed by atoms with Crippen molar-refractivity contribution in [1.82, 2.24) is 5.32 Å². The van der Waals surface area contributed by atoms with Gasteiger partial charge in [0.1, 0.15) is 17.1 Å². The highest BCUT2D eigenvalue weighted by Gasteiger charge is 2.34. The normalized spacial score (nSPS) is 14.6. The molecule has 1 saturated heterocycles. The molecule has 5 rings (SSSR count). The maximum absolute atomic E-state index is 13.3. The molecule has 0 unspecified atom stereocenters. The monoisotopic (exact) mass is 510 g/mol. The third-order valence-electron chi connectivity index (χ3n) is 5.57. The Hall–Kier alpha value is -4.26. The van der Waals surface area contributed by atoms with Gasteiger partial charge in [-0.3, -0.25) is 19.8 Å². The fourth-order valence-corrected chi connectivity index (χ4v) is 4.17. The standard InChI is InChI=1S/C29H19ClN2O3S/c30-22-12-10-21(11-13-22)20-8-6-19(7-9-20)18-26-27(33)31-29(36)32(28(26)34)23-14-16-25(17-15-23)35-24-4-2-1-3-5-24/h1-18H,(H,31,33,36)/b26-18+. The average Bonchev–Trinajstić information content (AvgIpc) is 2.89. The summed E-state index contributed by atoms with van der Waals surface area (Å²) >= 11 is 11.3. The number of halogens is 1. The minimum Gasteiger partial charge on any atom is -0.457 e. The van der Waals surface area contributed by atoms with Gasteiger partial charge in [0.25, 0.3) is 11.8 Å². The van der Waals surface area contributed by atoms with E-state index in [0.717, 1.165) is 11.1 Å². The van der Waals surface area contributed by atoms with Gasteiger partial charge in [-0.1, -0.05) is 66.2 Å². The summed E-state index contributed by atoms with van der Waals surface area (Å²) in [6, 6.07) is 31.4. The van der Waals surface area contributed by atoms with Crippen LogP contribution in [0.2, 0.25) is 5.02 Å². The maximum Gasteiger partial charge on any atom is 0.270 e. The molecule has 0 spiro atoms. The number of ether oxygens (including phenoxy) is 1. The molecule has 0 bridgehead atoms. The zero-order chi connectivity index (χ0) is 25.1. The van der Waals surface area contributed by atoms with E-state index < -0.39 is 11.8 Å². The summed E-state index contributed by atoms with van der Waals surface area (Å²) in [6.45, 7) is 0. The largest absolute Gasteiger partial charge is 0.457 e. The van der Waals surface area contributed by atoms with Crippen LogP contribution in [0.1, 0.15) is 5.56 Å². The number of amides is 2. The minimum absolute atomic E-state index is 0.00699. The highest BCUT2D eigenvalue weighted by molar-refractivity contribution is 7.80. The molecule has 7 heteroatoms. The van der Waals surface area contributed by atoms with Crippen molar-refractivity contribution in [2.75, 3.05) is 4.90 Å². The molecule has 2 amide bonds. The molecule has 176 valence electrons. The topological polar surface area (TPSA) is 58.6 Å². The fraction of sp³-hybridized carbons (Fsp3) is 0. The molecule has 0 saturated carbocycles. The second-order valence-electron chi connectivity index (χ2n) is 8.00. The van der Waals surface area contributed by atoms with E-state index in [-0.39, 0.29) is 10.7 Å². The van der Waals surface area contributed by atoms with E-state index in [9.17, 15) is 9.59 Å². The summed E-state index contributed by atoms with van der Waals surface area (Å²) in [5, 5.41) is 3.31. The lowest BCUT2D eigenvalue weighted by Crippen LogP contribution is -2.54. The first-order valence-electron chi connectivity index (χ1n) is 11.1. The predicted molar refractivity (Wildman–Crippen MR) is 146 cm³/mol. The third kappa shape index (κ3) is 5.05. The number of thiocarbonyl (C=S) groups is 1. The van der Waals surface area contributed by atoms with Crippen LogP contribution in [0.3, 0.4) is 0 Å². The molecular formula is C29H19ClN2O3S. The summed E-state index contributed by atoms with van der Waals surface area (Å²) in [5.74, 6) is 0.282. The lowest BCUT2D eigenvalue weighted by atomic mass is 10.0. The first kappa shape index (κ1) is 23.5. The van der Waals surface area contributed by atoms with Crippen LogP contribution in [0.25, 0.3) is 17.2 Å². The molecule has 1 N–H and O–H groups in total. The van der Waals surface area contributed by atoms with E-state index in [2.05, 4.69) is 5.32 Å². The van der Waals surface area contributed by atoms with E-state index in [1.807, 2.05) is 78.9 Å². The first-order chi connectivity index (χ1) is 17.5. The van der Waals surface area contributed by atoms with Crippen molar-refractivity contribution in [3.8, 4) is 22.6 Å². The van der Waals surface area contributed by atoms with Gasteiger partial charge in [-0.25, -0.2) is 0 Å². The van der Waals surface area contributed by atoms with E-state index in [0.29, 0.717) is 27.8 Å². The van der Waals surface area contributed by atoms with Crippen LogP contribution < -0.4 is 15.0 Å². The smallest absolute Gasteiger partial charge is 0.270 e. The Morgan fingerprint density at radius 2 is 1.33 bits per heavy atom. The van der Waals surface area contributed by atoms with Gasteiger partial charge in [-0.15, -0.1) is 0 Å². The van der Waals surface area contributed by atoms with Crippen LogP contribution in [0.15, 0.2) is 109 Å². The fourth-order valence-electron chi connectivity index (χ4n) is 3.76. The van der Waals surface area contributed by atoms with Crippen LogP contribution in [-0.2, 0) is 9.59 Å². The number of anilines is 1. The van der Waals surface area contributed by atoms with Gasteiger partial charge in [-0.05, 0) is 83.5 Å². The minimum atomic E-state index is -0.535. The molecule has 4 aromatic carbocycles. The van der Waals surface area contributed by atoms with Crippen molar-refractivity contribution >= 4 is 52.5 Å². The number of hydrogen-bond donors (Lipinski definition) is 1. The molecule has 4 aromatic rings. The summed E-state index contributed by atoms with van der Waals surface area (Å²) in [7, 11) is 0. The molecule has 1 heterocycles. The number of carbonyl (C=O) groups excluding carboxylic acids is 2. The SMILES string of the molecule is O=C1NC(=S)N(c2ccc(Oc3ccccc3)cc2)C(=O)/C1=C/c1ccc(-c2ccc(Cl)cc2)cc1. The number of para-hydroxylation sites is 1. The highest BCUT2D eigenvalue weighted by atomic mass is 35.5. The Morgan fingerprint density at radius 3 is 1.97 bits per heavy atom. The number of benzene rings is 4. The number of nitrogens with one attached hydrogen (secondary N) is 1. The zero-order valence-corrected chi connectivity index (χ0v) is 20.4. The Kier molecular flexibility index (Phi) is 6.62. The molecule has 5 nitrogen and oxygen atoms in total. The van der Waals surface area contributed by atoms with Gasteiger partial charge >= 0.3 is 0 Å². The molecule has 0 aliphatic carbocycles. The van der Waals surface area contributed by atoms with Crippen LogP contribution in [-0.4, -0.2) is 16.9 Å². The quantitative estimate of drug-likeness (QED) is 0.186. The second kappa shape index (κ2) is 10.2. The van der Waals surface area contributed by atoms with Crippen molar-refractivity contribution in [2.24, 2.45) is 0 Å². The Labute approximate surface area is 218 Å². The number of hydrogen-bond acceptors (Lipinski definition) is 4. The second-order valence-corrected chi connectivity index (χ2v) is 8.82. The Morgan fingerprint density at radius 1 is 0.750 bits per heavy atom. The molecule has 36 heavy (non-hydrogen) atoms. The summed E-state index contributed by atoms with van der Waals surface area (Å²) in [5.41, 5.74) is 3.24.